The fraction of sp³-hybridized carbons (Fsp3) is 0.800. The SMILES string of the molecule is CCCCCCCC[PH](CCCCCCCC)(CCCCCCCC)Sc1ccccc1. The van der Waals surface area contributed by atoms with Crippen LogP contribution >= 0.6 is 17.8 Å². The molecule has 0 aromatic heterocycles. The molecule has 0 unspecified atom stereocenters. The van der Waals surface area contributed by atoms with E-state index in [-0.39, 0.29) is 0 Å². The molecule has 1 aromatic rings. The van der Waals surface area contributed by atoms with Crippen LogP contribution in [0.4, 0.5) is 0 Å². The fourth-order valence-electron chi connectivity index (χ4n) is 4.95. The molecule has 0 N–H and O–H groups in total. The van der Waals surface area contributed by atoms with Gasteiger partial charge in [-0.05, 0) is 0 Å². The molecule has 0 saturated carbocycles. The first-order valence-corrected chi connectivity index (χ1v) is 18.7. The first kappa shape index (κ1) is 30.0. The van der Waals surface area contributed by atoms with Gasteiger partial charge in [0.2, 0.25) is 0 Å². The Labute approximate surface area is 207 Å². The van der Waals surface area contributed by atoms with E-state index in [9.17, 15) is 0 Å². The van der Waals surface area contributed by atoms with Crippen molar-refractivity contribution in [1.29, 1.82) is 0 Å². The third-order valence-corrected chi connectivity index (χ3v) is 15.6. The Hall–Kier alpha value is 0. The summed E-state index contributed by atoms with van der Waals surface area (Å²) in [7, 11) is 0. The molecule has 0 fully saturated rings. The zero-order valence-electron chi connectivity index (χ0n) is 22.1. The minimum absolute atomic E-state index is 1.33. The monoisotopic (exact) mass is 480 g/mol. The Bertz CT molecular complexity index is 460. The molecule has 32 heavy (non-hydrogen) atoms. The van der Waals surface area contributed by atoms with E-state index in [0.717, 1.165) is 0 Å². The van der Waals surface area contributed by atoms with Gasteiger partial charge in [-0.15, -0.1) is 0 Å². The zero-order valence-corrected chi connectivity index (χ0v) is 24.0. The standard InChI is InChI=1S/C30H57PS/c1-4-7-10-13-16-22-27-31(28-23-17-14-11-8-5-2,29-24-18-15-12-9-6-3)32-30-25-20-19-21-26-30/h19-21,25-26,31H,4-18,22-24,27-29H2,1-3H3. The van der Waals surface area contributed by atoms with E-state index in [1.165, 1.54) is 116 Å². The van der Waals surface area contributed by atoms with Crippen LogP contribution in [0.1, 0.15) is 136 Å². The average molecular weight is 481 g/mol. The Morgan fingerprint density at radius 1 is 0.469 bits per heavy atom. The summed E-state index contributed by atoms with van der Waals surface area (Å²) in [6.07, 6.45) is 30.6. The minimum atomic E-state index is -1.33. The summed E-state index contributed by atoms with van der Waals surface area (Å²) in [5.41, 5.74) is 0. The molecule has 0 saturated heterocycles. The van der Waals surface area contributed by atoms with E-state index in [2.05, 4.69) is 62.5 Å². The summed E-state index contributed by atoms with van der Waals surface area (Å²) in [6, 6.07) is 11.5. The number of hydrogen-bond donors (Lipinski definition) is 0. The Kier molecular flexibility index (Phi) is 20.2. The molecule has 0 amide bonds. The maximum absolute atomic E-state index is 2.39. The molecular weight excluding hydrogens is 423 g/mol. The first-order valence-electron chi connectivity index (χ1n) is 14.5. The van der Waals surface area contributed by atoms with Crippen LogP contribution in [0.25, 0.3) is 0 Å². The van der Waals surface area contributed by atoms with Crippen molar-refractivity contribution in [1.82, 2.24) is 0 Å². The molecule has 0 spiro atoms. The maximum atomic E-state index is 2.39. The number of hydrogen-bond acceptors (Lipinski definition) is 1. The van der Waals surface area contributed by atoms with Gasteiger partial charge in [-0.2, -0.15) is 0 Å². The summed E-state index contributed by atoms with van der Waals surface area (Å²) in [4.78, 5) is 1.56. The van der Waals surface area contributed by atoms with Crippen LogP contribution in [-0.4, -0.2) is 18.5 Å². The second-order valence-electron chi connectivity index (χ2n) is 10.2. The van der Waals surface area contributed by atoms with Crippen molar-refractivity contribution in [2.75, 3.05) is 18.5 Å². The molecular formula is C30H57PS. The number of rotatable bonds is 23. The number of benzene rings is 1. The van der Waals surface area contributed by atoms with E-state index in [1.807, 2.05) is 0 Å². The predicted octanol–water partition coefficient (Wildman–Crippen LogP) is 11.5. The summed E-state index contributed by atoms with van der Waals surface area (Å²) in [5.74, 6) is 0. The summed E-state index contributed by atoms with van der Waals surface area (Å²) >= 11 is 2.38. The van der Waals surface area contributed by atoms with Crippen molar-refractivity contribution in [2.45, 2.75) is 141 Å². The zero-order chi connectivity index (χ0) is 23.2. The average Bonchev–Trinajstić information content (AvgIpc) is 2.81. The second kappa shape index (κ2) is 21.5. The van der Waals surface area contributed by atoms with Crippen molar-refractivity contribution in [3.8, 4) is 0 Å². The summed E-state index contributed by atoms with van der Waals surface area (Å²) < 4.78 is 0. The van der Waals surface area contributed by atoms with Crippen LogP contribution in [0.15, 0.2) is 35.2 Å². The topological polar surface area (TPSA) is 0 Å². The van der Waals surface area contributed by atoms with Crippen molar-refractivity contribution in [3.05, 3.63) is 30.3 Å². The van der Waals surface area contributed by atoms with Crippen molar-refractivity contribution < 1.29 is 0 Å². The molecule has 0 heterocycles. The quantitative estimate of drug-likeness (QED) is 0.111. The molecule has 188 valence electrons. The summed E-state index contributed by atoms with van der Waals surface area (Å²) in [6.45, 7) is 5.66. The van der Waals surface area contributed by atoms with Crippen LogP contribution < -0.4 is 0 Å². The molecule has 1 rings (SSSR count). The van der Waals surface area contributed by atoms with Crippen molar-refractivity contribution >= 4 is 17.8 Å². The van der Waals surface area contributed by atoms with E-state index in [1.54, 1.807) is 23.4 Å². The Morgan fingerprint density at radius 2 is 0.812 bits per heavy atom. The predicted molar refractivity (Wildman–Crippen MR) is 155 cm³/mol. The van der Waals surface area contributed by atoms with Gasteiger partial charge in [0.15, 0.2) is 0 Å². The van der Waals surface area contributed by atoms with Crippen LogP contribution in [-0.2, 0) is 0 Å². The van der Waals surface area contributed by atoms with Crippen molar-refractivity contribution in [2.24, 2.45) is 0 Å². The van der Waals surface area contributed by atoms with Gasteiger partial charge in [-0.1, -0.05) is 0 Å². The second-order valence-corrected chi connectivity index (χ2v) is 17.9. The van der Waals surface area contributed by atoms with Gasteiger partial charge >= 0.3 is 208 Å². The van der Waals surface area contributed by atoms with Gasteiger partial charge in [-0.25, -0.2) is 0 Å². The molecule has 0 aliphatic rings. The molecule has 1 aromatic carbocycles. The molecule has 0 aliphatic heterocycles. The van der Waals surface area contributed by atoms with E-state index in [4.69, 9.17) is 0 Å². The fourth-order valence-corrected chi connectivity index (χ4v) is 13.6. The Morgan fingerprint density at radius 3 is 1.19 bits per heavy atom. The van der Waals surface area contributed by atoms with Crippen molar-refractivity contribution in [3.63, 3.8) is 0 Å². The van der Waals surface area contributed by atoms with Gasteiger partial charge in [0.25, 0.3) is 0 Å². The first-order chi connectivity index (χ1) is 15.8. The van der Waals surface area contributed by atoms with Gasteiger partial charge in [0, 0.05) is 0 Å². The van der Waals surface area contributed by atoms with Gasteiger partial charge in [0.1, 0.15) is 0 Å². The Balaban J connectivity index is 2.70. The van der Waals surface area contributed by atoms with Gasteiger partial charge < -0.3 is 0 Å². The van der Waals surface area contributed by atoms with E-state index >= 15 is 0 Å². The van der Waals surface area contributed by atoms with Crippen LogP contribution in [0.5, 0.6) is 0 Å². The van der Waals surface area contributed by atoms with Gasteiger partial charge in [0.05, 0.1) is 0 Å². The number of unbranched alkanes of at least 4 members (excludes halogenated alkanes) is 15. The van der Waals surface area contributed by atoms with Crippen LogP contribution in [0, 0.1) is 0 Å². The van der Waals surface area contributed by atoms with E-state index < -0.39 is 6.46 Å². The van der Waals surface area contributed by atoms with Crippen LogP contribution in [0.2, 0.25) is 0 Å². The molecule has 2 heteroatoms. The van der Waals surface area contributed by atoms with Crippen LogP contribution in [0.3, 0.4) is 0 Å². The molecule has 0 radical (unpaired) electrons. The molecule has 0 bridgehead atoms. The normalized spacial score (nSPS) is 12.3. The third-order valence-electron chi connectivity index (χ3n) is 7.04. The van der Waals surface area contributed by atoms with Gasteiger partial charge in [-0.3, -0.25) is 0 Å². The summed E-state index contributed by atoms with van der Waals surface area (Å²) in [5, 5.41) is 0. The molecule has 0 atom stereocenters. The molecule has 0 nitrogen and oxygen atoms in total. The molecule has 0 aliphatic carbocycles. The van der Waals surface area contributed by atoms with E-state index in [0.29, 0.717) is 0 Å². The third kappa shape index (κ3) is 15.8.